The average Bonchev–Trinajstić information content (AvgIpc) is 3.07. The van der Waals surface area contributed by atoms with Crippen molar-refractivity contribution in [3.63, 3.8) is 0 Å². The van der Waals surface area contributed by atoms with E-state index in [0.29, 0.717) is 63.5 Å². The van der Waals surface area contributed by atoms with E-state index >= 15 is 0 Å². The molecule has 0 saturated carbocycles. The molecule has 1 aliphatic heterocycles. The number of benzene rings is 3. The first kappa shape index (κ1) is 36.7. The van der Waals surface area contributed by atoms with E-state index in [1.54, 1.807) is 81.4 Å². The molecule has 0 aromatic heterocycles. The molecule has 1 amide bonds. The monoisotopic (exact) mass is 708 g/mol. The lowest BCUT2D eigenvalue weighted by molar-refractivity contribution is -0.139. The molecule has 0 aliphatic carbocycles. The molecule has 258 valence electrons. The van der Waals surface area contributed by atoms with Gasteiger partial charge >= 0.3 is 11.9 Å². The van der Waals surface area contributed by atoms with Gasteiger partial charge in [0.15, 0.2) is 23.2 Å². The zero-order valence-corrected chi connectivity index (χ0v) is 29.0. The molecule has 14 heteroatoms. The Hall–Kier alpha value is -5.14. The van der Waals surface area contributed by atoms with Crippen LogP contribution in [0, 0.1) is 0 Å². The van der Waals surface area contributed by atoms with Crippen LogP contribution in [0.1, 0.15) is 60.8 Å². The van der Waals surface area contributed by atoms with Crippen LogP contribution in [-0.2, 0) is 25.7 Å². The van der Waals surface area contributed by atoms with Crippen molar-refractivity contribution in [2.75, 3.05) is 26.4 Å². The fourth-order valence-corrected chi connectivity index (χ4v) is 5.33. The Morgan fingerprint density at radius 2 is 1.63 bits per heavy atom. The van der Waals surface area contributed by atoms with Crippen LogP contribution in [0.5, 0.6) is 17.2 Å². The minimum Gasteiger partial charge on any atom is -0.490 e. The van der Waals surface area contributed by atoms with Gasteiger partial charge in [-0.1, -0.05) is 41.9 Å². The number of para-hydroxylation sites is 1. The predicted molar refractivity (Wildman–Crippen MR) is 188 cm³/mol. The first-order chi connectivity index (χ1) is 23.6. The first-order valence-corrected chi connectivity index (χ1v) is 16.3. The van der Waals surface area contributed by atoms with E-state index in [1.165, 1.54) is 6.21 Å². The second-order valence-electron chi connectivity index (χ2n) is 10.4. The predicted octanol–water partition coefficient (Wildman–Crippen LogP) is 5.38. The largest absolute Gasteiger partial charge is 0.490 e. The number of esters is 2. The lowest BCUT2D eigenvalue weighted by Gasteiger charge is -2.30. The Labute approximate surface area is 294 Å². The van der Waals surface area contributed by atoms with Gasteiger partial charge in [-0.2, -0.15) is 5.10 Å². The van der Waals surface area contributed by atoms with Crippen LogP contribution in [0.15, 0.2) is 77.0 Å². The topological polar surface area (TPSA) is 146 Å². The van der Waals surface area contributed by atoms with Gasteiger partial charge in [0, 0.05) is 11.3 Å². The van der Waals surface area contributed by atoms with Gasteiger partial charge < -0.3 is 34.3 Å². The van der Waals surface area contributed by atoms with Gasteiger partial charge in [-0.15, -0.1) is 0 Å². The molecule has 3 aromatic carbocycles. The van der Waals surface area contributed by atoms with Crippen molar-refractivity contribution in [2.45, 2.75) is 40.3 Å². The van der Waals surface area contributed by atoms with Crippen LogP contribution in [0.2, 0.25) is 5.02 Å². The van der Waals surface area contributed by atoms with E-state index < -0.39 is 23.9 Å². The maximum absolute atomic E-state index is 12.8. The van der Waals surface area contributed by atoms with E-state index in [9.17, 15) is 14.4 Å². The minimum atomic E-state index is -0.654. The zero-order valence-electron chi connectivity index (χ0n) is 27.5. The molecule has 0 bridgehead atoms. The molecular formula is C35H37ClN4O8S. The Bertz CT molecular complexity index is 1750. The summed E-state index contributed by atoms with van der Waals surface area (Å²) in [5, 5.41) is 10.7. The number of carbonyl (C=O) groups is 3. The third-order valence-electron chi connectivity index (χ3n) is 6.94. The second-order valence-corrected chi connectivity index (χ2v) is 11.2. The quantitative estimate of drug-likeness (QED) is 0.0810. The molecule has 4 rings (SSSR count). The number of rotatable bonds is 15. The first-order valence-electron chi connectivity index (χ1n) is 15.5. The molecule has 1 aliphatic rings. The smallest absolute Gasteiger partial charge is 0.338 e. The van der Waals surface area contributed by atoms with E-state index in [0.717, 1.165) is 5.56 Å². The van der Waals surface area contributed by atoms with Crippen LogP contribution in [0.3, 0.4) is 0 Å². The number of halogens is 1. The summed E-state index contributed by atoms with van der Waals surface area (Å²) in [6, 6.07) is 16.5. The van der Waals surface area contributed by atoms with Gasteiger partial charge in [0.2, 0.25) is 0 Å². The Balaban J connectivity index is 1.39. The summed E-state index contributed by atoms with van der Waals surface area (Å²) in [4.78, 5) is 37.4. The van der Waals surface area contributed by atoms with Crippen molar-refractivity contribution < 1.29 is 38.1 Å². The third kappa shape index (κ3) is 9.94. The SMILES string of the molecule is CCOC(=O)C1=C(C)NC(=S)N[C@@H]1c1ccccc1OCC(=O)NN=Cc1cc(Cl)c(OCc2ccc(C(=O)OCC)cc2)c(OCC)c1. The van der Waals surface area contributed by atoms with Gasteiger partial charge in [-0.3, -0.25) is 4.79 Å². The summed E-state index contributed by atoms with van der Waals surface area (Å²) in [7, 11) is 0. The van der Waals surface area contributed by atoms with Crippen molar-refractivity contribution in [2.24, 2.45) is 5.10 Å². The van der Waals surface area contributed by atoms with Crippen molar-refractivity contribution in [3.8, 4) is 17.2 Å². The highest BCUT2D eigenvalue weighted by Crippen LogP contribution is 2.37. The summed E-state index contributed by atoms with van der Waals surface area (Å²) in [5.41, 5.74) is 5.75. The van der Waals surface area contributed by atoms with E-state index in [-0.39, 0.29) is 24.8 Å². The van der Waals surface area contributed by atoms with Gasteiger partial charge in [-0.05, 0) is 81.4 Å². The van der Waals surface area contributed by atoms with Gasteiger partial charge in [-0.25, -0.2) is 15.0 Å². The summed E-state index contributed by atoms with van der Waals surface area (Å²) in [6.45, 7) is 7.72. The van der Waals surface area contributed by atoms with Crippen molar-refractivity contribution in [3.05, 3.63) is 99.2 Å². The molecule has 0 fully saturated rings. The lowest BCUT2D eigenvalue weighted by Crippen LogP contribution is -2.45. The number of amides is 1. The van der Waals surface area contributed by atoms with E-state index in [4.69, 9.17) is 47.5 Å². The minimum absolute atomic E-state index is 0.177. The highest BCUT2D eigenvalue weighted by Gasteiger charge is 2.32. The molecule has 12 nitrogen and oxygen atoms in total. The summed E-state index contributed by atoms with van der Waals surface area (Å²) >= 11 is 11.9. The van der Waals surface area contributed by atoms with Crippen molar-refractivity contribution >= 4 is 53.0 Å². The summed E-state index contributed by atoms with van der Waals surface area (Å²) in [5.74, 6) is -0.310. The maximum atomic E-state index is 12.8. The molecule has 0 spiro atoms. The number of hydrogen-bond acceptors (Lipinski definition) is 10. The number of allylic oxidation sites excluding steroid dienone is 1. The van der Waals surface area contributed by atoms with Gasteiger partial charge in [0.25, 0.3) is 5.91 Å². The van der Waals surface area contributed by atoms with Crippen LogP contribution < -0.4 is 30.3 Å². The highest BCUT2D eigenvalue weighted by molar-refractivity contribution is 7.80. The molecule has 49 heavy (non-hydrogen) atoms. The number of hydrazone groups is 1. The van der Waals surface area contributed by atoms with Crippen molar-refractivity contribution in [1.29, 1.82) is 0 Å². The lowest BCUT2D eigenvalue weighted by atomic mass is 9.95. The van der Waals surface area contributed by atoms with E-state index in [2.05, 4.69) is 21.2 Å². The third-order valence-corrected chi connectivity index (χ3v) is 7.44. The Morgan fingerprint density at radius 1 is 0.918 bits per heavy atom. The number of thiocarbonyl (C=S) groups is 1. The second kappa shape index (κ2) is 17.9. The zero-order chi connectivity index (χ0) is 35.3. The number of hydrogen-bond donors (Lipinski definition) is 3. The molecular weight excluding hydrogens is 672 g/mol. The molecule has 0 unspecified atom stereocenters. The molecule has 1 atom stereocenters. The number of carbonyl (C=O) groups excluding carboxylic acids is 3. The van der Waals surface area contributed by atoms with Crippen molar-refractivity contribution in [1.82, 2.24) is 16.1 Å². The fourth-order valence-electron chi connectivity index (χ4n) is 4.78. The molecule has 0 saturated heterocycles. The molecule has 3 N–H and O–H groups in total. The highest BCUT2D eigenvalue weighted by atomic mass is 35.5. The Kier molecular flexibility index (Phi) is 13.4. The Morgan fingerprint density at radius 3 is 2.35 bits per heavy atom. The number of nitrogens with zero attached hydrogens (tertiary/aromatic N) is 1. The van der Waals surface area contributed by atoms with E-state index in [1.807, 2.05) is 6.92 Å². The van der Waals surface area contributed by atoms with Crippen LogP contribution in [0.25, 0.3) is 0 Å². The van der Waals surface area contributed by atoms with Crippen LogP contribution in [-0.4, -0.2) is 55.6 Å². The molecule has 3 aromatic rings. The molecule has 1 heterocycles. The van der Waals surface area contributed by atoms with Gasteiger partial charge in [0.1, 0.15) is 12.4 Å². The summed E-state index contributed by atoms with van der Waals surface area (Å²) in [6.07, 6.45) is 1.41. The summed E-state index contributed by atoms with van der Waals surface area (Å²) < 4.78 is 27.9. The molecule has 0 radical (unpaired) electrons. The standard InChI is InChI=1S/C35H37ClN4O8S/c1-5-44-28-17-23(16-26(36)32(28)48-19-22-12-14-24(15-13-22)33(42)45-6-2)18-37-40-29(41)20-47-27-11-9-8-10-25(27)31-30(34(43)46-7-3)21(4)38-35(49)39-31/h8-18,31H,5-7,19-20H2,1-4H3,(H,40,41)(H2,38,39,49)/t31-/m1/s1. The normalized spacial score (nSPS) is 14.1. The average molecular weight is 709 g/mol. The van der Waals surface area contributed by atoms with Crippen LogP contribution >= 0.6 is 23.8 Å². The maximum Gasteiger partial charge on any atom is 0.338 e. The van der Waals surface area contributed by atoms with Crippen LogP contribution in [0.4, 0.5) is 0 Å². The number of ether oxygens (including phenoxy) is 5. The van der Waals surface area contributed by atoms with Gasteiger partial charge in [0.05, 0.1) is 48.2 Å². The number of nitrogens with one attached hydrogen (secondary N) is 3. The fraction of sp³-hybridized carbons (Fsp3) is 0.286.